The second kappa shape index (κ2) is 5.19. The van der Waals surface area contributed by atoms with Gasteiger partial charge in [-0.15, -0.1) is 0 Å². The first-order chi connectivity index (χ1) is 10.3. The minimum atomic E-state index is 0.732. The molecule has 2 aromatic carbocycles. The van der Waals surface area contributed by atoms with E-state index in [1.165, 1.54) is 34.4 Å². The van der Waals surface area contributed by atoms with E-state index >= 15 is 0 Å². The van der Waals surface area contributed by atoms with E-state index in [1.54, 1.807) is 0 Å². The second-order valence-electron chi connectivity index (χ2n) is 6.53. The summed E-state index contributed by atoms with van der Waals surface area (Å²) in [5, 5.41) is 3.43. The maximum Gasteiger partial charge on any atom is 0.0429 e. The molecule has 4 rings (SSSR count). The highest BCUT2D eigenvalue weighted by Crippen LogP contribution is 2.31. The third-order valence-electron chi connectivity index (χ3n) is 4.71. The van der Waals surface area contributed by atoms with Gasteiger partial charge in [0.25, 0.3) is 0 Å². The molecule has 0 saturated carbocycles. The monoisotopic (exact) mass is 278 g/mol. The highest BCUT2D eigenvalue weighted by molar-refractivity contribution is 5.56. The first-order valence-corrected chi connectivity index (χ1v) is 7.94. The van der Waals surface area contributed by atoms with Gasteiger partial charge in [0, 0.05) is 31.9 Å². The van der Waals surface area contributed by atoms with Crippen LogP contribution in [0.25, 0.3) is 0 Å². The molecule has 2 aliphatic heterocycles. The van der Waals surface area contributed by atoms with Gasteiger partial charge in [0.15, 0.2) is 0 Å². The first kappa shape index (κ1) is 12.9. The number of nitrogens with one attached hydrogen (secondary N) is 1. The van der Waals surface area contributed by atoms with Crippen molar-refractivity contribution in [3.63, 3.8) is 0 Å². The van der Waals surface area contributed by atoms with Crippen LogP contribution in [-0.2, 0) is 26.1 Å². The van der Waals surface area contributed by atoms with Gasteiger partial charge in [-0.1, -0.05) is 43.3 Å². The molecule has 0 aromatic heterocycles. The highest BCUT2D eigenvalue weighted by Gasteiger charge is 2.21. The summed E-state index contributed by atoms with van der Waals surface area (Å²) < 4.78 is 0. The standard InChI is InChI=1S/C19H22N2/c1-14-8-16-4-2-3-5-19(16)21(12-14)13-15-6-7-17-10-20-11-18(17)9-15/h2-7,9,14,20H,8,10-13H2,1H3. The smallest absolute Gasteiger partial charge is 0.0429 e. The Morgan fingerprint density at radius 2 is 1.90 bits per heavy atom. The summed E-state index contributed by atoms with van der Waals surface area (Å²) in [6, 6.07) is 15.9. The van der Waals surface area contributed by atoms with Crippen LogP contribution in [0.4, 0.5) is 5.69 Å². The number of rotatable bonds is 2. The predicted octanol–water partition coefficient (Wildman–Crippen LogP) is 3.49. The van der Waals surface area contributed by atoms with Crippen LogP contribution >= 0.6 is 0 Å². The number of benzene rings is 2. The molecule has 1 unspecified atom stereocenters. The summed E-state index contributed by atoms with van der Waals surface area (Å²) in [5.41, 5.74) is 7.30. The fourth-order valence-corrected chi connectivity index (χ4v) is 3.72. The van der Waals surface area contributed by atoms with E-state index in [-0.39, 0.29) is 0 Å². The number of fused-ring (bicyclic) bond motifs is 2. The quantitative estimate of drug-likeness (QED) is 0.904. The molecular formula is C19H22N2. The topological polar surface area (TPSA) is 15.3 Å². The van der Waals surface area contributed by atoms with Crippen molar-refractivity contribution in [1.29, 1.82) is 0 Å². The summed E-state index contributed by atoms with van der Waals surface area (Å²) in [7, 11) is 0. The third kappa shape index (κ3) is 2.44. The number of para-hydroxylation sites is 1. The Kier molecular flexibility index (Phi) is 3.19. The first-order valence-electron chi connectivity index (χ1n) is 7.94. The number of hydrogen-bond donors (Lipinski definition) is 1. The number of hydrogen-bond acceptors (Lipinski definition) is 2. The fraction of sp³-hybridized carbons (Fsp3) is 0.368. The summed E-state index contributed by atoms with van der Waals surface area (Å²) in [4.78, 5) is 2.55. The van der Waals surface area contributed by atoms with Crippen LogP contribution in [0.3, 0.4) is 0 Å². The van der Waals surface area contributed by atoms with E-state index < -0.39 is 0 Å². The summed E-state index contributed by atoms with van der Waals surface area (Å²) in [6.45, 7) is 6.59. The van der Waals surface area contributed by atoms with Gasteiger partial charge in [0.1, 0.15) is 0 Å². The van der Waals surface area contributed by atoms with E-state index in [4.69, 9.17) is 0 Å². The lowest BCUT2D eigenvalue weighted by atomic mass is 9.93. The van der Waals surface area contributed by atoms with Crippen molar-refractivity contribution in [3.05, 3.63) is 64.7 Å². The SMILES string of the molecule is CC1Cc2ccccc2N(Cc2ccc3c(c2)CNC3)C1. The van der Waals surface area contributed by atoms with Crippen LogP contribution in [0.2, 0.25) is 0 Å². The summed E-state index contributed by atoms with van der Waals surface area (Å²) in [6.07, 6.45) is 1.21. The normalized spacial score (nSPS) is 20.2. The molecule has 0 aliphatic carbocycles. The largest absolute Gasteiger partial charge is 0.367 e. The zero-order valence-corrected chi connectivity index (χ0v) is 12.6. The Balaban J connectivity index is 1.62. The van der Waals surface area contributed by atoms with Crippen molar-refractivity contribution >= 4 is 5.69 Å². The third-order valence-corrected chi connectivity index (χ3v) is 4.71. The van der Waals surface area contributed by atoms with Crippen LogP contribution in [0.15, 0.2) is 42.5 Å². The number of anilines is 1. The van der Waals surface area contributed by atoms with Gasteiger partial charge in [-0.2, -0.15) is 0 Å². The van der Waals surface area contributed by atoms with Crippen molar-refractivity contribution in [2.45, 2.75) is 33.0 Å². The minimum absolute atomic E-state index is 0.732. The van der Waals surface area contributed by atoms with Gasteiger partial charge in [-0.05, 0) is 40.7 Å². The molecule has 0 saturated heterocycles. The highest BCUT2D eigenvalue weighted by atomic mass is 15.1. The molecule has 108 valence electrons. The second-order valence-corrected chi connectivity index (χ2v) is 6.53. The van der Waals surface area contributed by atoms with Crippen LogP contribution < -0.4 is 10.2 Å². The van der Waals surface area contributed by atoms with Crippen LogP contribution in [0.1, 0.15) is 29.2 Å². The van der Waals surface area contributed by atoms with E-state index in [9.17, 15) is 0 Å². The van der Waals surface area contributed by atoms with Crippen LogP contribution in [-0.4, -0.2) is 6.54 Å². The van der Waals surface area contributed by atoms with Gasteiger partial charge >= 0.3 is 0 Å². The molecule has 2 aliphatic rings. The van der Waals surface area contributed by atoms with Crippen molar-refractivity contribution in [1.82, 2.24) is 5.32 Å². The van der Waals surface area contributed by atoms with Gasteiger partial charge in [-0.25, -0.2) is 0 Å². The Bertz CT molecular complexity index is 662. The van der Waals surface area contributed by atoms with Crippen molar-refractivity contribution in [2.24, 2.45) is 5.92 Å². The molecule has 2 heteroatoms. The maximum atomic E-state index is 3.43. The van der Waals surface area contributed by atoms with Crippen LogP contribution in [0, 0.1) is 5.92 Å². The summed E-state index contributed by atoms with van der Waals surface area (Å²) in [5.74, 6) is 0.732. The predicted molar refractivity (Wildman–Crippen MR) is 87.3 cm³/mol. The van der Waals surface area contributed by atoms with Crippen molar-refractivity contribution < 1.29 is 0 Å². The minimum Gasteiger partial charge on any atom is -0.367 e. The molecule has 1 atom stereocenters. The lowest BCUT2D eigenvalue weighted by Crippen LogP contribution is -2.33. The van der Waals surface area contributed by atoms with Gasteiger partial charge in [0.05, 0.1) is 0 Å². The lowest BCUT2D eigenvalue weighted by Gasteiger charge is -2.35. The van der Waals surface area contributed by atoms with Gasteiger partial charge in [0.2, 0.25) is 0 Å². The Morgan fingerprint density at radius 1 is 1.05 bits per heavy atom. The number of nitrogens with zero attached hydrogens (tertiary/aromatic N) is 1. The van der Waals surface area contributed by atoms with E-state index in [0.717, 1.165) is 32.1 Å². The molecule has 21 heavy (non-hydrogen) atoms. The van der Waals surface area contributed by atoms with E-state index in [2.05, 4.69) is 59.6 Å². The molecule has 0 fully saturated rings. The zero-order valence-electron chi connectivity index (χ0n) is 12.6. The van der Waals surface area contributed by atoms with Crippen molar-refractivity contribution in [2.75, 3.05) is 11.4 Å². The molecule has 0 spiro atoms. The van der Waals surface area contributed by atoms with Gasteiger partial charge < -0.3 is 10.2 Å². The van der Waals surface area contributed by atoms with Gasteiger partial charge in [-0.3, -0.25) is 0 Å². The molecule has 2 nitrogen and oxygen atoms in total. The molecule has 0 radical (unpaired) electrons. The molecule has 0 bridgehead atoms. The van der Waals surface area contributed by atoms with E-state index in [0.29, 0.717) is 0 Å². The molecular weight excluding hydrogens is 256 g/mol. The molecule has 2 heterocycles. The molecule has 2 aromatic rings. The van der Waals surface area contributed by atoms with E-state index in [1.807, 2.05) is 0 Å². The average molecular weight is 278 g/mol. The fourth-order valence-electron chi connectivity index (χ4n) is 3.72. The maximum absolute atomic E-state index is 3.43. The van der Waals surface area contributed by atoms with Crippen molar-refractivity contribution in [3.8, 4) is 0 Å². The molecule has 0 amide bonds. The Labute approximate surface area is 126 Å². The summed E-state index contributed by atoms with van der Waals surface area (Å²) >= 11 is 0. The zero-order chi connectivity index (χ0) is 14.2. The average Bonchev–Trinajstić information content (AvgIpc) is 2.94. The van der Waals surface area contributed by atoms with Crippen LogP contribution in [0.5, 0.6) is 0 Å². The lowest BCUT2D eigenvalue weighted by molar-refractivity contribution is 0.530. The Morgan fingerprint density at radius 3 is 2.86 bits per heavy atom. The molecule has 1 N–H and O–H groups in total. The Hall–Kier alpha value is -1.80.